The first-order valence-electron chi connectivity index (χ1n) is 11.3. The number of oxime groups is 1. The van der Waals surface area contributed by atoms with Crippen LogP contribution in [0.1, 0.15) is 52.0 Å². The van der Waals surface area contributed by atoms with E-state index in [0.717, 1.165) is 36.6 Å². The summed E-state index contributed by atoms with van der Waals surface area (Å²) in [5.74, 6) is -1.25. The molecule has 0 saturated heterocycles. The Morgan fingerprint density at radius 2 is 1.86 bits per heavy atom. The lowest BCUT2D eigenvalue weighted by Crippen LogP contribution is -2.34. The Balaban J connectivity index is 1.56. The van der Waals surface area contributed by atoms with Crippen molar-refractivity contribution in [1.29, 1.82) is 0 Å². The molecule has 0 fully saturated rings. The molecule has 2 N–H and O–H groups in total. The van der Waals surface area contributed by atoms with E-state index in [-0.39, 0.29) is 22.3 Å². The summed E-state index contributed by atoms with van der Waals surface area (Å²) in [5, 5.41) is 15.4. The number of rotatable bonds is 3. The second-order valence-electron chi connectivity index (χ2n) is 8.22. The lowest BCUT2D eigenvalue weighted by atomic mass is 10.00. The van der Waals surface area contributed by atoms with E-state index in [1.54, 1.807) is 11.0 Å². The smallest absolute Gasteiger partial charge is 0.259 e. The van der Waals surface area contributed by atoms with Crippen LogP contribution < -0.4 is 10.2 Å². The Hall–Kier alpha value is -3.78. The molecule has 1 aliphatic rings. The van der Waals surface area contributed by atoms with Crippen LogP contribution in [0.4, 0.5) is 15.9 Å². The number of aryl methyl sites for hydroxylation is 1. The summed E-state index contributed by atoms with van der Waals surface area (Å²) in [6.45, 7) is 0.353. The highest BCUT2D eigenvalue weighted by Gasteiger charge is 2.22. The molecule has 0 aliphatic carbocycles. The maximum absolute atomic E-state index is 13.5. The van der Waals surface area contributed by atoms with Gasteiger partial charge in [-0.2, -0.15) is 0 Å². The number of carbonyl (C=O) groups excluding carboxylic acids is 2. The molecule has 7 nitrogen and oxygen atoms in total. The summed E-state index contributed by atoms with van der Waals surface area (Å²) >= 11 is 6.00. The van der Waals surface area contributed by atoms with Crippen LogP contribution in [-0.4, -0.2) is 34.3 Å². The second kappa shape index (κ2) is 11.1. The van der Waals surface area contributed by atoms with Crippen molar-refractivity contribution >= 4 is 40.6 Å². The van der Waals surface area contributed by atoms with Crippen molar-refractivity contribution in [2.45, 2.75) is 32.1 Å². The minimum atomic E-state index is -0.609. The quantitative estimate of drug-likeness (QED) is 0.359. The Kier molecular flexibility index (Phi) is 7.72. The molecule has 2 amide bonds. The SMILES string of the molecule is O=C(Nc1ccc(C(=O)N2CC/C(=N/O)CCCCc3ccccc32)cn1)c1cc(F)ccc1Cl. The van der Waals surface area contributed by atoms with E-state index in [0.29, 0.717) is 30.7 Å². The maximum Gasteiger partial charge on any atom is 0.259 e. The first kappa shape index (κ1) is 24.3. The van der Waals surface area contributed by atoms with Crippen molar-refractivity contribution in [3.63, 3.8) is 0 Å². The molecule has 1 aromatic heterocycles. The van der Waals surface area contributed by atoms with Gasteiger partial charge in [0.25, 0.3) is 11.8 Å². The summed E-state index contributed by atoms with van der Waals surface area (Å²) in [6.07, 6.45) is 5.17. The molecular weight excluding hydrogens is 471 g/mol. The Morgan fingerprint density at radius 3 is 2.63 bits per heavy atom. The van der Waals surface area contributed by atoms with Gasteiger partial charge in [0.2, 0.25) is 0 Å². The number of fused-ring (bicyclic) bond motifs is 1. The van der Waals surface area contributed by atoms with Gasteiger partial charge in [-0.25, -0.2) is 9.37 Å². The lowest BCUT2D eigenvalue weighted by molar-refractivity contribution is 0.0986. The van der Waals surface area contributed by atoms with Gasteiger partial charge < -0.3 is 15.4 Å². The lowest BCUT2D eigenvalue weighted by Gasteiger charge is -2.26. The van der Waals surface area contributed by atoms with Crippen molar-refractivity contribution in [3.8, 4) is 0 Å². The molecule has 2 heterocycles. The molecule has 0 spiro atoms. The zero-order chi connectivity index (χ0) is 24.8. The minimum absolute atomic E-state index is 0.0146. The zero-order valence-corrected chi connectivity index (χ0v) is 19.6. The molecule has 9 heteroatoms. The molecule has 1 aliphatic heterocycles. The molecule has 0 bridgehead atoms. The van der Waals surface area contributed by atoms with Crippen LogP contribution in [0.2, 0.25) is 5.02 Å². The van der Waals surface area contributed by atoms with Gasteiger partial charge in [0.05, 0.1) is 21.9 Å². The zero-order valence-electron chi connectivity index (χ0n) is 18.9. The summed E-state index contributed by atoms with van der Waals surface area (Å²) < 4.78 is 13.5. The van der Waals surface area contributed by atoms with Gasteiger partial charge in [-0.05, 0) is 67.6 Å². The van der Waals surface area contributed by atoms with Crippen molar-refractivity contribution in [1.82, 2.24) is 4.98 Å². The second-order valence-corrected chi connectivity index (χ2v) is 8.63. The minimum Gasteiger partial charge on any atom is -0.411 e. The number of nitrogens with zero attached hydrogens (tertiary/aromatic N) is 3. The van der Waals surface area contributed by atoms with Crippen molar-refractivity contribution in [2.75, 3.05) is 16.8 Å². The van der Waals surface area contributed by atoms with E-state index in [4.69, 9.17) is 11.6 Å². The van der Waals surface area contributed by atoms with E-state index in [2.05, 4.69) is 15.5 Å². The summed E-state index contributed by atoms with van der Waals surface area (Å²) in [5.41, 5.74) is 2.87. The third-order valence-electron chi connectivity index (χ3n) is 5.88. The number of para-hydroxylation sites is 1. The standard InChI is InChI=1S/C26H24ClFN4O3/c27-22-11-10-19(28)15-21(22)25(33)30-24-12-9-18(16-29-24)26(34)32-14-13-20(31-35)7-3-1-5-17-6-2-4-8-23(17)32/h2,4,6,8-12,15-16,35H,1,3,5,7,13-14H2,(H,29,30,33)/b31-20+. The number of anilines is 2. The van der Waals surface area contributed by atoms with Crippen LogP contribution in [-0.2, 0) is 6.42 Å². The Labute approximate surface area is 207 Å². The van der Waals surface area contributed by atoms with Gasteiger partial charge in [-0.3, -0.25) is 9.59 Å². The third-order valence-corrected chi connectivity index (χ3v) is 6.21. The van der Waals surface area contributed by atoms with Crippen molar-refractivity contribution in [2.24, 2.45) is 5.16 Å². The van der Waals surface area contributed by atoms with E-state index in [1.165, 1.54) is 24.4 Å². The Bertz CT molecular complexity index is 1260. The highest BCUT2D eigenvalue weighted by molar-refractivity contribution is 6.34. The fourth-order valence-electron chi connectivity index (χ4n) is 4.03. The monoisotopic (exact) mass is 494 g/mol. The fraction of sp³-hybridized carbons (Fsp3) is 0.231. The van der Waals surface area contributed by atoms with E-state index in [9.17, 15) is 19.2 Å². The average molecular weight is 495 g/mol. The normalized spacial score (nSPS) is 15.4. The first-order valence-corrected chi connectivity index (χ1v) is 11.7. The van der Waals surface area contributed by atoms with Crippen LogP contribution in [0, 0.1) is 5.82 Å². The molecule has 180 valence electrons. The predicted octanol–water partition coefficient (Wildman–Crippen LogP) is 5.72. The highest BCUT2D eigenvalue weighted by Crippen LogP contribution is 2.26. The predicted molar refractivity (Wildman–Crippen MR) is 133 cm³/mol. The molecule has 4 rings (SSSR count). The molecular formula is C26H24ClFN4O3. The molecule has 2 aromatic carbocycles. The van der Waals surface area contributed by atoms with Crippen LogP contribution >= 0.6 is 11.6 Å². The van der Waals surface area contributed by atoms with Gasteiger partial charge in [-0.15, -0.1) is 0 Å². The average Bonchev–Trinajstić information content (AvgIpc) is 2.88. The topological polar surface area (TPSA) is 94.9 Å². The molecule has 0 unspecified atom stereocenters. The van der Waals surface area contributed by atoms with Crippen LogP contribution in [0.25, 0.3) is 0 Å². The number of halogens is 2. The fourth-order valence-corrected chi connectivity index (χ4v) is 4.24. The van der Waals surface area contributed by atoms with Crippen LogP contribution in [0.3, 0.4) is 0 Å². The van der Waals surface area contributed by atoms with Crippen molar-refractivity contribution < 1.29 is 19.2 Å². The van der Waals surface area contributed by atoms with Gasteiger partial charge in [0, 0.05) is 24.8 Å². The summed E-state index contributed by atoms with van der Waals surface area (Å²) in [7, 11) is 0. The van der Waals surface area contributed by atoms with Crippen LogP contribution in [0.5, 0.6) is 0 Å². The Morgan fingerprint density at radius 1 is 1.06 bits per heavy atom. The molecule has 0 saturated carbocycles. The number of hydrogen-bond acceptors (Lipinski definition) is 5. The summed E-state index contributed by atoms with van der Waals surface area (Å²) in [4.78, 5) is 31.8. The number of aromatic nitrogens is 1. The molecule has 0 radical (unpaired) electrons. The summed E-state index contributed by atoms with van der Waals surface area (Å²) in [6, 6.07) is 14.4. The van der Waals surface area contributed by atoms with Crippen LogP contribution in [0.15, 0.2) is 65.9 Å². The van der Waals surface area contributed by atoms with Gasteiger partial charge >= 0.3 is 0 Å². The number of nitrogens with one attached hydrogen (secondary N) is 1. The maximum atomic E-state index is 13.5. The third kappa shape index (κ3) is 5.84. The number of pyridine rings is 1. The number of hydrogen-bond donors (Lipinski definition) is 2. The molecule has 3 aromatic rings. The van der Waals surface area contributed by atoms with Crippen molar-refractivity contribution in [3.05, 3.63) is 88.3 Å². The van der Waals surface area contributed by atoms with Gasteiger partial charge in [0.1, 0.15) is 11.6 Å². The number of amides is 2. The molecule has 0 atom stereocenters. The number of carbonyl (C=O) groups is 2. The van der Waals surface area contributed by atoms with E-state index < -0.39 is 11.7 Å². The number of benzene rings is 2. The van der Waals surface area contributed by atoms with E-state index in [1.807, 2.05) is 24.3 Å². The largest absolute Gasteiger partial charge is 0.411 e. The molecule has 35 heavy (non-hydrogen) atoms. The van der Waals surface area contributed by atoms with E-state index >= 15 is 0 Å². The van der Waals surface area contributed by atoms with Gasteiger partial charge in [0.15, 0.2) is 0 Å². The first-order chi connectivity index (χ1) is 17.0. The highest BCUT2D eigenvalue weighted by atomic mass is 35.5. The van der Waals surface area contributed by atoms with Gasteiger partial charge in [-0.1, -0.05) is 35.0 Å².